The summed E-state index contributed by atoms with van der Waals surface area (Å²) in [7, 11) is 3.60. The average Bonchev–Trinajstić information content (AvgIpc) is 3.27. The van der Waals surface area contributed by atoms with E-state index in [1.807, 2.05) is 7.05 Å². The normalized spacial score (nSPS) is 16.4. The summed E-state index contributed by atoms with van der Waals surface area (Å²) in [6.07, 6.45) is 8.02. The van der Waals surface area contributed by atoms with Gasteiger partial charge in [-0.25, -0.2) is 0 Å². The lowest BCUT2D eigenvalue weighted by atomic mass is 9.83. The fraction of sp³-hybridized carbons (Fsp3) is 0.789. The number of methoxy groups -OCH3 is 1. The Balaban J connectivity index is 0.00000338. The number of guanidine groups is 1. The molecule has 6 nitrogen and oxygen atoms in total. The van der Waals surface area contributed by atoms with Crippen molar-refractivity contribution in [1.82, 2.24) is 15.8 Å². The Morgan fingerprint density at radius 2 is 1.96 bits per heavy atom. The molecular weight excluding hydrogens is 443 g/mol. The van der Waals surface area contributed by atoms with E-state index in [0.29, 0.717) is 12.0 Å². The third-order valence-corrected chi connectivity index (χ3v) is 5.39. The lowest BCUT2D eigenvalue weighted by molar-refractivity contribution is 0.138. The third kappa shape index (κ3) is 6.11. The molecule has 1 aliphatic rings. The van der Waals surface area contributed by atoms with Crippen LogP contribution in [0.25, 0.3) is 0 Å². The highest BCUT2D eigenvalue weighted by Gasteiger charge is 2.33. The summed E-state index contributed by atoms with van der Waals surface area (Å²) in [6, 6.07) is 0. The lowest BCUT2D eigenvalue weighted by Crippen LogP contribution is -2.43. The molecule has 0 aromatic carbocycles. The van der Waals surface area contributed by atoms with Crippen molar-refractivity contribution in [3.8, 4) is 0 Å². The summed E-state index contributed by atoms with van der Waals surface area (Å²) in [5, 5.41) is 11.1. The van der Waals surface area contributed by atoms with Gasteiger partial charge in [0.1, 0.15) is 5.76 Å². The van der Waals surface area contributed by atoms with Gasteiger partial charge in [-0.1, -0.05) is 31.8 Å². The second-order valence-electron chi connectivity index (χ2n) is 6.97. The summed E-state index contributed by atoms with van der Waals surface area (Å²) >= 11 is 0. The summed E-state index contributed by atoms with van der Waals surface area (Å²) in [4.78, 5) is 4.38. The molecule has 0 atom stereocenters. The van der Waals surface area contributed by atoms with Crippen LogP contribution in [0, 0.1) is 5.41 Å². The first-order chi connectivity index (χ1) is 12.2. The van der Waals surface area contributed by atoms with Gasteiger partial charge < -0.3 is 19.9 Å². The molecule has 0 spiro atoms. The Hall–Kier alpha value is -0.830. The molecule has 0 bridgehead atoms. The highest BCUT2D eigenvalue weighted by Crippen LogP contribution is 2.40. The zero-order valence-electron chi connectivity index (χ0n) is 16.7. The maximum Gasteiger partial charge on any atom is 0.191 e. The van der Waals surface area contributed by atoms with Crippen LogP contribution < -0.4 is 10.6 Å². The zero-order chi connectivity index (χ0) is 18.1. The minimum absolute atomic E-state index is 0. The van der Waals surface area contributed by atoms with Crippen molar-refractivity contribution in [3.05, 3.63) is 17.0 Å². The zero-order valence-corrected chi connectivity index (χ0v) is 19.0. The molecule has 7 heteroatoms. The van der Waals surface area contributed by atoms with Crippen LogP contribution in [0.1, 0.15) is 63.0 Å². The number of halogens is 1. The van der Waals surface area contributed by atoms with Crippen molar-refractivity contribution < 1.29 is 9.26 Å². The molecule has 1 fully saturated rings. The number of aryl methyl sites for hydroxylation is 2. The van der Waals surface area contributed by atoms with E-state index in [1.165, 1.54) is 31.2 Å². The van der Waals surface area contributed by atoms with E-state index in [2.05, 4.69) is 34.6 Å². The molecule has 0 radical (unpaired) electrons. The van der Waals surface area contributed by atoms with Crippen LogP contribution in [0.2, 0.25) is 0 Å². The number of hydrogen-bond acceptors (Lipinski definition) is 4. The van der Waals surface area contributed by atoms with Gasteiger partial charge in [-0.05, 0) is 31.1 Å². The van der Waals surface area contributed by atoms with E-state index in [4.69, 9.17) is 9.26 Å². The van der Waals surface area contributed by atoms with Crippen LogP contribution in [0.4, 0.5) is 0 Å². The SMILES string of the molecule is CCc1noc(CC)c1CNC(=NC)NCC1(CCOC)CCCC1.I. The van der Waals surface area contributed by atoms with Crippen molar-refractivity contribution in [2.45, 2.75) is 65.3 Å². The maximum absolute atomic E-state index is 5.44. The third-order valence-electron chi connectivity index (χ3n) is 5.39. The largest absolute Gasteiger partial charge is 0.385 e. The topological polar surface area (TPSA) is 71.7 Å². The summed E-state index contributed by atoms with van der Waals surface area (Å²) in [6.45, 7) is 6.67. The Morgan fingerprint density at radius 3 is 2.54 bits per heavy atom. The van der Waals surface area contributed by atoms with Crippen molar-refractivity contribution >= 4 is 29.9 Å². The highest BCUT2D eigenvalue weighted by atomic mass is 127. The van der Waals surface area contributed by atoms with Crippen LogP contribution in [0.15, 0.2) is 9.52 Å². The summed E-state index contributed by atoms with van der Waals surface area (Å²) in [5.74, 6) is 1.81. The first-order valence-corrected chi connectivity index (χ1v) is 9.57. The Kier molecular flexibility index (Phi) is 10.5. The standard InChI is InChI=1S/C19H34N4O2.HI/c1-5-16-15(17(6-2)25-23-16)13-21-18(20-3)22-14-19(11-12-24-4)9-7-8-10-19;/h5-14H2,1-4H3,(H2,20,21,22);1H. The molecular formula is C19H35IN4O2. The van der Waals surface area contributed by atoms with E-state index in [1.54, 1.807) is 7.11 Å². The number of ether oxygens (including phenoxy) is 1. The lowest BCUT2D eigenvalue weighted by Gasteiger charge is -2.30. The van der Waals surface area contributed by atoms with Gasteiger partial charge in [-0.15, -0.1) is 24.0 Å². The Labute approximate surface area is 174 Å². The summed E-state index contributed by atoms with van der Waals surface area (Å²) < 4.78 is 10.8. The van der Waals surface area contributed by atoms with E-state index in [0.717, 1.165) is 49.8 Å². The second-order valence-corrected chi connectivity index (χ2v) is 6.97. The number of nitrogens with one attached hydrogen (secondary N) is 2. The van der Waals surface area contributed by atoms with E-state index in [9.17, 15) is 0 Å². The van der Waals surface area contributed by atoms with Gasteiger partial charge in [0.15, 0.2) is 5.96 Å². The number of nitrogens with zero attached hydrogens (tertiary/aromatic N) is 2. The molecule has 1 heterocycles. The van der Waals surface area contributed by atoms with Gasteiger partial charge in [-0.2, -0.15) is 0 Å². The van der Waals surface area contributed by atoms with Crippen molar-refractivity contribution in [3.63, 3.8) is 0 Å². The number of rotatable bonds is 9. The minimum Gasteiger partial charge on any atom is -0.385 e. The number of aromatic nitrogens is 1. The van der Waals surface area contributed by atoms with Gasteiger partial charge in [0.25, 0.3) is 0 Å². The molecule has 1 aliphatic carbocycles. The number of hydrogen-bond donors (Lipinski definition) is 2. The highest BCUT2D eigenvalue weighted by molar-refractivity contribution is 14.0. The molecule has 2 N–H and O–H groups in total. The van der Waals surface area contributed by atoms with Crippen LogP contribution in [-0.4, -0.2) is 38.4 Å². The quantitative estimate of drug-likeness (QED) is 0.322. The van der Waals surface area contributed by atoms with Crippen LogP contribution in [0.3, 0.4) is 0 Å². The van der Waals surface area contributed by atoms with Crippen LogP contribution in [0.5, 0.6) is 0 Å². The summed E-state index contributed by atoms with van der Waals surface area (Å²) in [5.41, 5.74) is 2.55. The van der Waals surface area contributed by atoms with Crippen molar-refractivity contribution in [1.29, 1.82) is 0 Å². The Morgan fingerprint density at radius 1 is 1.23 bits per heavy atom. The van der Waals surface area contributed by atoms with E-state index >= 15 is 0 Å². The molecule has 26 heavy (non-hydrogen) atoms. The van der Waals surface area contributed by atoms with Gasteiger partial charge in [-0.3, -0.25) is 4.99 Å². The van der Waals surface area contributed by atoms with E-state index in [-0.39, 0.29) is 24.0 Å². The molecule has 0 unspecified atom stereocenters. The Bertz CT molecular complexity index is 532. The fourth-order valence-electron chi connectivity index (χ4n) is 3.76. The smallest absolute Gasteiger partial charge is 0.191 e. The van der Waals surface area contributed by atoms with E-state index < -0.39 is 0 Å². The van der Waals surface area contributed by atoms with Gasteiger partial charge in [0.2, 0.25) is 0 Å². The average molecular weight is 478 g/mol. The van der Waals surface area contributed by atoms with Gasteiger partial charge in [0, 0.05) is 45.8 Å². The fourth-order valence-corrected chi connectivity index (χ4v) is 3.76. The first kappa shape index (κ1) is 23.2. The second kappa shape index (κ2) is 11.8. The van der Waals surface area contributed by atoms with Crippen molar-refractivity contribution in [2.75, 3.05) is 27.3 Å². The van der Waals surface area contributed by atoms with Gasteiger partial charge >= 0.3 is 0 Å². The van der Waals surface area contributed by atoms with Gasteiger partial charge in [0.05, 0.1) is 5.69 Å². The molecule has 0 aliphatic heterocycles. The molecule has 150 valence electrons. The maximum atomic E-state index is 5.44. The predicted molar refractivity (Wildman–Crippen MR) is 116 cm³/mol. The molecule has 0 amide bonds. The van der Waals surface area contributed by atoms with Crippen LogP contribution in [-0.2, 0) is 24.1 Å². The number of aliphatic imine (C=N–C) groups is 1. The molecule has 1 aromatic heterocycles. The monoisotopic (exact) mass is 478 g/mol. The predicted octanol–water partition coefficient (Wildman–Crippen LogP) is 3.68. The minimum atomic E-state index is 0. The molecule has 2 rings (SSSR count). The first-order valence-electron chi connectivity index (χ1n) is 9.57. The molecule has 1 aromatic rings. The van der Waals surface area contributed by atoms with Crippen molar-refractivity contribution in [2.24, 2.45) is 10.4 Å². The molecule has 1 saturated carbocycles. The van der Waals surface area contributed by atoms with Crippen LogP contribution >= 0.6 is 24.0 Å². The molecule has 0 saturated heterocycles.